The van der Waals surface area contributed by atoms with Crippen molar-refractivity contribution >= 4 is 16.7 Å². The summed E-state index contributed by atoms with van der Waals surface area (Å²) in [4.78, 5) is 14.5. The zero-order valence-corrected chi connectivity index (χ0v) is 14.6. The van der Waals surface area contributed by atoms with Crippen molar-refractivity contribution in [2.24, 2.45) is 5.92 Å². The lowest BCUT2D eigenvalue weighted by molar-refractivity contribution is -0.134. The monoisotopic (exact) mass is 339 g/mol. The number of nitrogens with zero attached hydrogens (tertiary/aromatic N) is 3. The molecule has 1 saturated heterocycles. The molecule has 2 aromatic rings. The van der Waals surface area contributed by atoms with Gasteiger partial charge in [0.05, 0.1) is 6.20 Å². The van der Waals surface area contributed by atoms with Crippen molar-refractivity contribution in [2.45, 2.75) is 51.0 Å². The van der Waals surface area contributed by atoms with Gasteiger partial charge in [-0.05, 0) is 24.8 Å². The van der Waals surface area contributed by atoms with Gasteiger partial charge < -0.3 is 9.64 Å². The van der Waals surface area contributed by atoms with Crippen molar-refractivity contribution in [2.75, 3.05) is 13.1 Å². The minimum atomic E-state index is 0.107. The molecule has 1 aromatic heterocycles. The molecule has 5 heteroatoms. The first kappa shape index (κ1) is 16.3. The molecule has 1 aromatic carbocycles. The van der Waals surface area contributed by atoms with E-state index in [1.165, 1.54) is 25.7 Å². The third kappa shape index (κ3) is 3.75. The van der Waals surface area contributed by atoms with Crippen LogP contribution >= 0.6 is 0 Å². The number of aromatic nitrogens is 2. The fourth-order valence-corrected chi connectivity index (χ4v) is 4.06. The molecule has 5 nitrogen and oxygen atoms in total. The van der Waals surface area contributed by atoms with Gasteiger partial charge in [0.15, 0.2) is 0 Å². The topological polar surface area (TPSA) is 55.3 Å². The number of fused-ring (bicyclic) bond motifs is 1. The van der Waals surface area contributed by atoms with Crippen molar-refractivity contribution in [1.82, 2.24) is 15.1 Å². The predicted octanol–water partition coefficient (Wildman–Crippen LogP) is 3.58. The number of carbonyl (C=O) groups excluding carboxylic acids is 1. The van der Waals surface area contributed by atoms with Gasteiger partial charge in [-0.1, -0.05) is 31.0 Å². The Morgan fingerprint density at radius 1 is 1.12 bits per heavy atom. The number of ether oxygens (including phenoxy) is 1. The van der Waals surface area contributed by atoms with Crippen LogP contribution in [0, 0.1) is 5.92 Å². The molecular weight excluding hydrogens is 314 g/mol. The first-order valence-corrected chi connectivity index (χ1v) is 9.44. The molecule has 0 unspecified atom stereocenters. The summed E-state index contributed by atoms with van der Waals surface area (Å²) < 4.78 is 6.12. The van der Waals surface area contributed by atoms with Crippen LogP contribution in [0.5, 0.6) is 5.88 Å². The van der Waals surface area contributed by atoms with Crippen LogP contribution in [0.3, 0.4) is 0 Å². The zero-order chi connectivity index (χ0) is 17.1. The highest BCUT2D eigenvalue weighted by Crippen LogP contribution is 2.29. The Labute approximate surface area is 148 Å². The maximum Gasteiger partial charge on any atom is 0.241 e. The number of rotatable bonds is 4. The highest BCUT2D eigenvalue weighted by molar-refractivity contribution is 5.85. The molecule has 1 amide bonds. The summed E-state index contributed by atoms with van der Waals surface area (Å²) in [7, 11) is 0. The molecule has 2 heterocycles. The lowest BCUT2D eigenvalue weighted by Gasteiger charge is -2.32. The molecule has 2 aliphatic rings. The second-order valence-electron chi connectivity index (χ2n) is 7.29. The number of amides is 1. The molecule has 0 radical (unpaired) electrons. The number of hydrogen-bond acceptors (Lipinski definition) is 4. The van der Waals surface area contributed by atoms with Crippen LogP contribution in [0.2, 0.25) is 0 Å². The number of carbonyl (C=O) groups is 1. The first-order valence-electron chi connectivity index (χ1n) is 9.44. The fraction of sp³-hybridized carbons (Fsp3) is 0.550. The Morgan fingerprint density at radius 3 is 2.68 bits per heavy atom. The van der Waals surface area contributed by atoms with Gasteiger partial charge in [0, 0.05) is 43.1 Å². The minimum Gasteiger partial charge on any atom is -0.473 e. The second kappa shape index (κ2) is 7.38. The number of likely N-dealkylation sites (tertiary alicyclic amines) is 1. The van der Waals surface area contributed by atoms with Crippen LogP contribution in [0.4, 0.5) is 0 Å². The normalized spacial score (nSPS) is 19.4. The van der Waals surface area contributed by atoms with Gasteiger partial charge in [-0.2, -0.15) is 5.10 Å². The largest absolute Gasteiger partial charge is 0.473 e. The van der Waals surface area contributed by atoms with E-state index in [0.717, 1.165) is 43.1 Å². The summed E-state index contributed by atoms with van der Waals surface area (Å²) in [5.74, 6) is 1.55. The Kier molecular flexibility index (Phi) is 4.81. The summed E-state index contributed by atoms with van der Waals surface area (Å²) in [5.41, 5.74) is 0. The maximum absolute atomic E-state index is 12.5. The molecule has 0 N–H and O–H groups in total. The maximum atomic E-state index is 12.5. The molecule has 1 saturated carbocycles. The van der Waals surface area contributed by atoms with Crippen LogP contribution < -0.4 is 4.74 Å². The van der Waals surface area contributed by atoms with Crippen molar-refractivity contribution in [3.05, 3.63) is 30.5 Å². The van der Waals surface area contributed by atoms with Gasteiger partial charge in [0.2, 0.25) is 11.8 Å². The van der Waals surface area contributed by atoms with Crippen LogP contribution in [0.1, 0.15) is 44.9 Å². The van der Waals surface area contributed by atoms with Gasteiger partial charge in [-0.3, -0.25) is 4.79 Å². The van der Waals surface area contributed by atoms with Gasteiger partial charge in [0.25, 0.3) is 0 Å². The average molecular weight is 339 g/mol. The summed E-state index contributed by atoms with van der Waals surface area (Å²) in [5, 5.41) is 10.2. The Morgan fingerprint density at radius 2 is 1.88 bits per heavy atom. The molecule has 0 spiro atoms. The van der Waals surface area contributed by atoms with E-state index < -0.39 is 0 Å². The molecule has 4 rings (SSSR count). The lowest BCUT2D eigenvalue weighted by atomic mass is 10.0. The summed E-state index contributed by atoms with van der Waals surface area (Å²) >= 11 is 0. The standard InChI is InChI=1S/C20H25N3O2/c24-19(13-15-5-1-2-6-15)23-11-9-17(10-12-23)25-20-18-8-4-3-7-16(18)14-21-22-20/h3-4,7-8,14-15,17H,1-2,5-6,9-13H2. The quantitative estimate of drug-likeness (QED) is 0.854. The van der Waals surface area contributed by atoms with Crippen LogP contribution in [0.15, 0.2) is 30.5 Å². The fourth-order valence-electron chi connectivity index (χ4n) is 4.06. The van der Waals surface area contributed by atoms with E-state index in [4.69, 9.17) is 4.74 Å². The molecule has 25 heavy (non-hydrogen) atoms. The molecular formula is C20H25N3O2. The number of hydrogen-bond donors (Lipinski definition) is 0. The van der Waals surface area contributed by atoms with Crippen LogP contribution in [0.25, 0.3) is 10.8 Å². The van der Waals surface area contributed by atoms with E-state index >= 15 is 0 Å². The first-order chi connectivity index (χ1) is 12.3. The van der Waals surface area contributed by atoms with E-state index in [2.05, 4.69) is 10.2 Å². The summed E-state index contributed by atoms with van der Waals surface area (Å²) in [6.07, 6.45) is 9.36. The molecule has 132 valence electrons. The molecule has 2 fully saturated rings. The molecule has 1 aliphatic carbocycles. The molecule has 0 bridgehead atoms. The third-order valence-electron chi connectivity index (χ3n) is 5.55. The van der Waals surface area contributed by atoms with E-state index in [0.29, 0.717) is 17.7 Å². The second-order valence-corrected chi connectivity index (χ2v) is 7.29. The highest BCUT2D eigenvalue weighted by atomic mass is 16.5. The molecule has 1 aliphatic heterocycles. The van der Waals surface area contributed by atoms with Crippen LogP contribution in [-0.2, 0) is 4.79 Å². The van der Waals surface area contributed by atoms with Crippen molar-refractivity contribution in [1.29, 1.82) is 0 Å². The lowest BCUT2D eigenvalue weighted by Crippen LogP contribution is -2.42. The van der Waals surface area contributed by atoms with E-state index in [-0.39, 0.29) is 6.10 Å². The van der Waals surface area contributed by atoms with E-state index in [1.807, 2.05) is 29.2 Å². The van der Waals surface area contributed by atoms with Gasteiger partial charge in [0.1, 0.15) is 6.10 Å². The zero-order valence-electron chi connectivity index (χ0n) is 14.6. The van der Waals surface area contributed by atoms with Crippen molar-refractivity contribution in [3.63, 3.8) is 0 Å². The Balaban J connectivity index is 1.33. The smallest absolute Gasteiger partial charge is 0.241 e. The number of piperidine rings is 1. The Hall–Kier alpha value is -2.17. The van der Waals surface area contributed by atoms with Gasteiger partial charge >= 0.3 is 0 Å². The van der Waals surface area contributed by atoms with Crippen molar-refractivity contribution in [3.8, 4) is 5.88 Å². The van der Waals surface area contributed by atoms with Gasteiger partial charge in [-0.25, -0.2) is 0 Å². The summed E-state index contributed by atoms with van der Waals surface area (Å²) in [6.45, 7) is 1.57. The van der Waals surface area contributed by atoms with Crippen molar-refractivity contribution < 1.29 is 9.53 Å². The SMILES string of the molecule is O=C(CC1CCCC1)N1CCC(Oc2nncc3ccccc23)CC1. The average Bonchev–Trinajstić information content (AvgIpc) is 3.16. The third-order valence-corrected chi connectivity index (χ3v) is 5.55. The minimum absolute atomic E-state index is 0.107. The Bertz CT molecular complexity index is 729. The predicted molar refractivity (Wildman–Crippen MR) is 96.3 cm³/mol. The number of benzene rings is 1. The highest BCUT2D eigenvalue weighted by Gasteiger charge is 2.27. The molecule has 0 atom stereocenters. The summed E-state index contributed by atoms with van der Waals surface area (Å²) in [6, 6.07) is 8.00. The van der Waals surface area contributed by atoms with Crippen LogP contribution in [-0.4, -0.2) is 40.2 Å². The van der Waals surface area contributed by atoms with E-state index in [1.54, 1.807) is 6.20 Å². The van der Waals surface area contributed by atoms with E-state index in [9.17, 15) is 4.79 Å². The van der Waals surface area contributed by atoms with Gasteiger partial charge in [-0.15, -0.1) is 5.10 Å².